The molecule has 7 fully saturated rings. The molecule has 8 aliphatic rings. The lowest BCUT2D eigenvalue weighted by Gasteiger charge is -2.71. The van der Waals surface area contributed by atoms with Gasteiger partial charge in [-0.2, -0.15) is 0 Å². The Morgan fingerprint density at radius 2 is 1.39 bits per heavy atom. The third-order valence-corrected chi connectivity index (χ3v) is 19.5. The Bertz CT molecular complexity index is 1860. The maximum atomic E-state index is 14.2. The zero-order valence-electron chi connectivity index (χ0n) is 40.0. The molecule has 0 bridgehead atoms. The molecule has 2 heterocycles. The Labute approximate surface area is 392 Å². The molecule has 67 heavy (non-hydrogen) atoms. The third-order valence-electron chi connectivity index (χ3n) is 19.5. The molecule has 24 atom stereocenters. The summed E-state index contributed by atoms with van der Waals surface area (Å²) < 4.78 is 30.1. The van der Waals surface area contributed by atoms with E-state index in [2.05, 4.69) is 54.5 Å². The van der Waals surface area contributed by atoms with Crippen LogP contribution < -0.4 is 0 Å². The number of carboxylic acids is 1. The number of carboxylic acid groups (broad SMARTS) is 1. The number of aliphatic hydroxyl groups excluding tert-OH is 10. The topological polar surface area (TPSA) is 303 Å². The maximum absolute atomic E-state index is 14.2. The molecule has 8 rings (SSSR count). The highest BCUT2D eigenvalue weighted by atomic mass is 16.8. The monoisotopic (exact) mass is 955 g/mol. The highest BCUT2D eigenvalue weighted by Gasteiger charge is 2.68. The van der Waals surface area contributed by atoms with Crippen LogP contribution in [-0.2, 0) is 33.3 Å². The van der Waals surface area contributed by atoms with Crippen molar-refractivity contribution in [1.29, 1.82) is 0 Å². The molecule has 0 spiro atoms. The van der Waals surface area contributed by atoms with Crippen LogP contribution in [0.4, 0.5) is 0 Å². The van der Waals surface area contributed by atoms with E-state index in [0.717, 1.165) is 44.9 Å². The zero-order chi connectivity index (χ0) is 49.1. The lowest BCUT2D eigenvalue weighted by molar-refractivity contribution is -0.374. The minimum Gasteiger partial charge on any atom is -0.479 e. The van der Waals surface area contributed by atoms with Crippen LogP contribution in [0.5, 0.6) is 0 Å². The number of rotatable bonds is 9. The summed E-state index contributed by atoms with van der Waals surface area (Å²) >= 11 is 0. The maximum Gasteiger partial charge on any atom is 0.335 e. The van der Waals surface area contributed by atoms with Gasteiger partial charge in [0.25, 0.3) is 0 Å². The lowest BCUT2D eigenvalue weighted by Crippen LogP contribution is -2.67. The van der Waals surface area contributed by atoms with Crippen LogP contribution in [0.2, 0.25) is 0 Å². The fourth-order valence-electron chi connectivity index (χ4n) is 15.7. The minimum atomic E-state index is -1.96. The molecule has 6 aliphatic carbocycles. The predicted octanol–water partition coefficient (Wildman–Crippen LogP) is 0.752. The molecule has 5 saturated carbocycles. The molecule has 0 unspecified atom stereocenters. The summed E-state index contributed by atoms with van der Waals surface area (Å²) in [7, 11) is 0. The fourth-order valence-corrected chi connectivity index (χ4v) is 15.7. The van der Waals surface area contributed by atoms with E-state index in [1.54, 1.807) is 0 Å². The first kappa shape index (κ1) is 51.5. The number of hydrogen-bond donors (Lipinski definition) is 11. The van der Waals surface area contributed by atoms with Crippen LogP contribution in [0.15, 0.2) is 11.6 Å². The second kappa shape index (κ2) is 18.3. The first-order valence-electron chi connectivity index (χ1n) is 24.7. The van der Waals surface area contributed by atoms with E-state index in [9.17, 15) is 65.8 Å². The predicted molar refractivity (Wildman–Crippen MR) is 234 cm³/mol. The van der Waals surface area contributed by atoms with Crippen LogP contribution in [0.1, 0.15) is 113 Å². The second-order valence-electron chi connectivity index (χ2n) is 23.9. The second-order valence-corrected chi connectivity index (χ2v) is 23.9. The quantitative estimate of drug-likeness (QED) is 0.0864. The first-order valence-corrected chi connectivity index (χ1v) is 24.7. The Morgan fingerprint density at radius 3 is 2.04 bits per heavy atom. The van der Waals surface area contributed by atoms with E-state index < -0.39 is 134 Å². The molecule has 0 aromatic heterocycles. The number of ether oxygens (including phenoxy) is 5. The fraction of sp³-hybridized carbons (Fsp3) is 0.918. The third kappa shape index (κ3) is 8.35. The molecular formula is C49H78O18. The molecule has 11 N–H and O–H groups in total. The molecule has 382 valence electrons. The number of esters is 1. The molecule has 0 aromatic rings. The summed E-state index contributed by atoms with van der Waals surface area (Å²) in [5, 5.41) is 115. The van der Waals surface area contributed by atoms with Crippen LogP contribution in [-0.4, -0.2) is 173 Å². The Morgan fingerprint density at radius 1 is 0.701 bits per heavy atom. The number of aliphatic hydroxyl groups is 10. The molecule has 18 nitrogen and oxygen atoms in total. The molecule has 0 radical (unpaired) electrons. The van der Waals surface area contributed by atoms with Gasteiger partial charge in [0.2, 0.25) is 0 Å². The molecular weight excluding hydrogens is 877 g/mol. The molecule has 0 aromatic carbocycles. The van der Waals surface area contributed by atoms with Crippen molar-refractivity contribution in [2.75, 3.05) is 13.2 Å². The summed E-state index contributed by atoms with van der Waals surface area (Å²) in [6.45, 7) is 14.8. The Hall–Kier alpha value is -1.88. The van der Waals surface area contributed by atoms with E-state index in [1.807, 2.05) is 0 Å². The van der Waals surface area contributed by atoms with Gasteiger partial charge in [-0.05, 0) is 115 Å². The van der Waals surface area contributed by atoms with Gasteiger partial charge >= 0.3 is 11.9 Å². The van der Waals surface area contributed by atoms with E-state index in [1.165, 1.54) is 5.57 Å². The van der Waals surface area contributed by atoms with Crippen LogP contribution in [0.3, 0.4) is 0 Å². The van der Waals surface area contributed by atoms with Crippen LogP contribution in [0.25, 0.3) is 0 Å². The van der Waals surface area contributed by atoms with Crippen LogP contribution in [0, 0.1) is 62.6 Å². The van der Waals surface area contributed by atoms with Gasteiger partial charge in [0, 0.05) is 12.5 Å². The highest BCUT2D eigenvalue weighted by Crippen LogP contribution is 2.75. The van der Waals surface area contributed by atoms with Gasteiger partial charge in [0.05, 0.1) is 24.7 Å². The summed E-state index contributed by atoms with van der Waals surface area (Å²) in [6, 6.07) is 0. The van der Waals surface area contributed by atoms with Gasteiger partial charge < -0.3 is 79.9 Å². The number of carbonyl (C=O) groups excluding carboxylic acids is 1. The number of hydrogen-bond acceptors (Lipinski definition) is 17. The van der Waals surface area contributed by atoms with Crippen molar-refractivity contribution >= 4 is 11.9 Å². The Balaban J connectivity index is 1.02. The van der Waals surface area contributed by atoms with Crippen molar-refractivity contribution in [3.8, 4) is 0 Å². The minimum absolute atomic E-state index is 0.0270. The largest absolute Gasteiger partial charge is 0.479 e. The van der Waals surface area contributed by atoms with Gasteiger partial charge in [-0.25, -0.2) is 4.79 Å². The number of carbonyl (C=O) groups is 2. The Kier molecular flexibility index (Phi) is 14.1. The van der Waals surface area contributed by atoms with Crippen molar-refractivity contribution < 1.29 is 89.4 Å². The standard InChI is InChI=1S/C49H78O18/c1-45(2)17-23-22(24(18-45)42(62)63-26-16-21(19-50)31(52)34(55)32(26)53)10-14-48(6)25(23)8-9-29-47(5)13-12-30(46(3,4)28(47)11-15-49(29,48)7)65-44-40(37(58)36(57)39(66-44)41(60)61)67-43-38(59)35(56)33(54)27(20-51)64-43/h8,21-24,26-40,43-44,50-59H,9-20H2,1-7H3,(H,60,61)/t21-,22-,23+,24-,26-,27-,28-,29-,30-,31-,32+,33-,34+,35+,36+,37+,38-,39+,40-,43+,44-,47-,48-,49-/m1/s1. The summed E-state index contributed by atoms with van der Waals surface area (Å²) in [5.41, 5.74) is 0.237. The van der Waals surface area contributed by atoms with Crippen molar-refractivity contribution in [2.45, 2.75) is 205 Å². The normalized spacial score (nSPS) is 52.6. The summed E-state index contributed by atoms with van der Waals surface area (Å²) in [5.74, 6) is -2.53. The average molecular weight is 955 g/mol. The van der Waals surface area contributed by atoms with Crippen molar-refractivity contribution in [2.24, 2.45) is 62.6 Å². The van der Waals surface area contributed by atoms with E-state index in [0.29, 0.717) is 12.8 Å². The van der Waals surface area contributed by atoms with E-state index in [-0.39, 0.29) is 51.8 Å². The SMILES string of the molecule is CC1(C)C[C@@H]2C3=CC[C@@H]4[C@]5(C)CC[C@@H](O[C@@H]6O[C@H](C(=O)O)[C@@H](O)[C@H](O)[C@H]6O[C@@H]6O[C@H](CO)[C@@H](O)[C@H](O)[C@H]6O)C(C)(C)[C@H]5CC[C@@]4(C)[C@]3(C)CC[C@H]2[C@H](C(=O)O[C@@H]2C[C@H](CO)[C@@H](O)[C@H](O)[C@H]2O)C1. The first-order chi connectivity index (χ1) is 31.3. The molecule has 2 aliphatic heterocycles. The average Bonchev–Trinajstić information content (AvgIpc) is 3.26. The van der Waals surface area contributed by atoms with Gasteiger partial charge in [0.15, 0.2) is 18.7 Å². The van der Waals surface area contributed by atoms with E-state index in [4.69, 9.17) is 23.7 Å². The molecule has 0 amide bonds. The zero-order valence-corrected chi connectivity index (χ0v) is 40.0. The van der Waals surface area contributed by atoms with E-state index >= 15 is 0 Å². The number of allylic oxidation sites excluding steroid dienone is 2. The summed E-state index contributed by atoms with van der Waals surface area (Å²) in [6.07, 6.45) is -13.6. The molecule has 2 saturated heterocycles. The van der Waals surface area contributed by atoms with Gasteiger partial charge in [-0.3, -0.25) is 4.79 Å². The van der Waals surface area contributed by atoms with Gasteiger partial charge in [-0.15, -0.1) is 0 Å². The van der Waals surface area contributed by atoms with Crippen molar-refractivity contribution in [3.05, 3.63) is 11.6 Å². The summed E-state index contributed by atoms with van der Waals surface area (Å²) in [4.78, 5) is 26.5. The van der Waals surface area contributed by atoms with Crippen LogP contribution >= 0.6 is 0 Å². The number of aliphatic carboxylic acids is 1. The lowest BCUT2D eigenvalue weighted by atomic mass is 9.34. The van der Waals surface area contributed by atoms with Gasteiger partial charge in [0.1, 0.15) is 61.0 Å². The van der Waals surface area contributed by atoms with Crippen molar-refractivity contribution in [1.82, 2.24) is 0 Å². The molecule has 18 heteroatoms. The number of fused-ring (bicyclic) bond motifs is 7. The van der Waals surface area contributed by atoms with Gasteiger partial charge in [-0.1, -0.05) is 60.1 Å². The van der Waals surface area contributed by atoms with Crippen molar-refractivity contribution in [3.63, 3.8) is 0 Å². The highest BCUT2D eigenvalue weighted by molar-refractivity contribution is 5.74. The smallest absolute Gasteiger partial charge is 0.335 e.